The van der Waals surface area contributed by atoms with Crippen LogP contribution in [0.5, 0.6) is 0 Å². The van der Waals surface area contributed by atoms with Crippen molar-refractivity contribution in [2.75, 3.05) is 5.32 Å². The second-order valence-electron chi connectivity index (χ2n) is 7.58. The lowest BCUT2D eigenvalue weighted by molar-refractivity contribution is -0.157. The minimum Gasteiger partial charge on any atom is -0.460 e. The summed E-state index contributed by atoms with van der Waals surface area (Å²) >= 11 is 6.06. The number of halogens is 1. The summed E-state index contributed by atoms with van der Waals surface area (Å²) in [6.07, 6.45) is -0.0192. The van der Waals surface area contributed by atoms with Gasteiger partial charge in [-0.2, -0.15) is 0 Å². The molecule has 1 aromatic rings. The van der Waals surface area contributed by atoms with Crippen molar-refractivity contribution < 1.29 is 19.4 Å². The second kappa shape index (κ2) is 7.49. The number of anilines is 1. The van der Waals surface area contributed by atoms with Gasteiger partial charge in [-0.25, -0.2) is 4.98 Å². The maximum atomic E-state index is 12.2. The number of nitrogens with one attached hydrogen (secondary N) is 1. The third-order valence-corrected chi connectivity index (χ3v) is 3.28. The molecular formula is C17H25ClN2O4. The fraction of sp³-hybridized carbons (Fsp3) is 0.588. The van der Waals surface area contributed by atoms with Gasteiger partial charge in [0, 0.05) is 17.2 Å². The van der Waals surface area contributed by atoms with Gasteiger partial charge >= 0.3 is 5.97 Å². The number of aliphatic hydroxyl groups is 1. The molecular weight excluding hydrogens is 332 g/mol. The summed E-state index contributed by atoms with van der Waals surface area (Å²) in [7, 11) is 0. The molecule has 6 nitrogen and oxygen atoms in total. The normalized spacial score (nSPS) is 13.3. The molecule has 0 spiro atoms. The van der Waals surface area contributed by atoms with Gasteiger partial charge in [0.05, 0.1) is 18.2 Å². The first-order valence-electron chi connectivity index (χ1n) is 7.67. The Bertz CT molecular complexity index is 618. The van der Waals surface area contributed by atoms with Crippen molar-refractivity contribution in [3.8, 4) is 0 Å². The van der Waals surface area contributed by atoms with Crippen LogP contribution < -0.4 is 5.32 Å². The molecule has 1 atom stereocenters. The number of carbonyl (C=O) groups is 2. The largest absolute Gasteiger partial charge is 0.460 e. The summed E-state index contributed by atoms with van der Waals surface area (Å²) < 4.78 is 5.20. The zero-order valence-corrected chi connectivity index (χ0v) is 15.7. The molecule has 1 rings (SSSR count). The van der Waals surface area contributed by atoms with Crippen LogP contribution in [0.25, 0.3) is 0 Å². The molecule has 2 N–H and O–H groups in total. The van der Waals surface area contributed by atoms with Gasteiger partial charge in [-0.15, -0.1) is 0 Å². The Kier molecular flexibility index (Phi) is 6.36. The van der Waals surface area contributed by atoms with Crippen LogP contribution in [-0.2, 0) is 14.3 Å². The number of esters is 1. The van der Waals surface area contributed by atoms with Gasteiger partial charge in [-0.3, -0.25) is 9.59 Å². The van der Waals surface area contributed by atoms with Crippen LogP contribution in [0.4, 0.5) is 5.69 Å². The number of ether oxygens (including phenoxy) is 1. The van der Waals surface area contributed by atoms with E-state index in [1.54, 1.807) is 41.5 Å². The Balaban J connectivity index is 3.01. The average molecular weight is 357 g/mol. The molecule has 134 valence electrons. The van der Waals surface area contributed by atoms with Gasteiger partial charge in [0.15, 0.2) is 5.15 Å². The lowest BCUT2D eigenvalue weighted by atomic mass is 9.95. The Morgan fingerprint density at radius 2 is 1.88 bits per heavy atom. The van der Waals surface area contributed by atoms with Gasteiger partial charge < -0.3 is 15.2 Å². The monoisotopic (exact) mass is 356 g/mol. The van der Waals surface area contributed by atoms with E-state index in [4.69, 9.17) is 16.3 Å². The number of hydrogen-bond donors (Lipinski definition) is 2. The number of nitrogens with zero attached hydrogens (tertiary/aromatic N) is 1. The third-order valence-electron chi connectivity index (χ3n) is 3.00. The first-order valence-corrected chi connectivity index (χ1v) is 8.05. The molecule has 1 aromatic heterocycles. The highest BCUT2D eigenvalue weighted by molar-refractivity contribution is 6.32. The average Bonchev–Trinajstić information content (AvgIpc) is 2.37. The molecule has 1 amide bonds. The number of aromatic nitrogens is 1. The first-order chi connectivity index (χ1) is 10.8. The quantitative estimate of drug-likeness (QED) is 0.636. The van der Waals surface area contributed by atoms with Gasteiger partial charge in [0.1, 0.15) is 5.60 Å². The maximum absolute atomic E-state index is 12.2. The van der Waals surface area contributed by atoms with Crippen LogP contribution in [0.3, 0.4) is 0 Å². The van der Waals surface area contributed by atoms with Gasteiger partial charge in [0.2, 0.25) is 5.91 Å². The van der Waals surface area contributed by atoms with E-state index in [1.165, 1.54) is 12.3 Å². The predicted octanol–water partition coefficient (Wildman–Crippen LogP) is 3.48. The summed E-state index contributed by atoms with van der Waals surface area (Å²) in [6.45, 7) is 10.5. The molecule has 0 saturated heterocycles. The Hall–Kier alpha value is -1.66. The molecule has 1 heterocycles. The highest BCUT2D eigenvalue weighted by Gasteiger charge is 2.27. The summed E-state index contributed by atoms with van der Waals surface area (Å²) in [5, 5.41) is 13.1. The molecule has 24 heavy (non-hydrogen) atoms. The van der Waals surface area contributed by atoms with Crippen molar-refractivity contribution in [2.24, 2.45) is 5.41 Å². The SMILES string of the molecule is CC(C)(C)OC(=O)CC(O)c1ccnc(Cl)c1NC(=O)C(C)(C)C. The minimum absolute atomic E-state index is 0.0494. The summed E-state index contributed by atoms with van der Waals surface area (Å²) in [6, 6.07) is 1.51. The van der Waals surface area contributed by atoms with Crippen LogP contribution in [-0.4, -0.2) is 27.6 Å². The van der Waals surface area contributed by atoms with E-state index in [-0.39, 0.29) is 23.2 Å². The second-order valence-corrected chi connectivity index (χ2v) is 7.93. The molecule has 0 bridgehead atoms. The van der Waals surface area contributed by atoms with Gasteiger partial charge in [-0.05, 0) is 26.8 Å². The predicted molar refractivity (Wildman–Crippen MR) is 92.8 cm³/mol. The highest BCUT2D eigenvalue weighted by Crippen LogP contribution is 2.32. The lowest BCUT2D eigenvalue weighted by Crippen LogP contribution is -2.29. The maximum Gasteiger partial charge on any atom is 0.309 e. The van der Waals surface area contributed by atoms with Crippen molar-refractivity contribution in [3.05, 3.63) is 23.0 Å². The lowest BCUT2D eigenvalue weighted by Gasteiger charge is -2.23. The molecule has 0 aliphatic carbocycles. The summed E-state index contributed by atoms with van der Waals surface area (Å²) in [5.74, 6) is -0.820. The Morgan fingerprint density at radius 1 is 1.29 bits per heavy atom. The fourth-order valence-electron chi connectivity index (χ4n) is 1.80. The summed E-state index contributed by atoms with van der Waals surface area (Å²) in [5.41, 5.74) is -0.767. The molecule has 1 unspecified atom stereocenters. The first kappa shape index (κ1) is 20.4. The highest BCUT2D eigenvalue weighted by atomic mass is 35.5. The zero-order valence-electron chi connectivity index (χ0n) is 14.9. The van der Waals surface area contributed by atoms with Crippen LogP contribution in [0.2, 0.25) is 5.15 Å². The van der Waals surface area contributed by atoms with E-state index in [9.17, 15) is 14.7 Å². The van der Waals surface area contributed by atoms with Crippen molar-refractivity contribution >= 4 is 29.2 Å². The van der Waals surface area contributed by atoms with Crippen molar-refractivity contribution in [1.29, 1.82) is 0 Å². The van der Waals surface area contributed by atoms with Crippen LogP contribution in [0.1, 0.15) is 59.6 Å². The standard InChI is InChI=1S/C17H25ClN2O4/c1-16(2,3)15(23)20-13-10(7-8-19-14(13)18)11(21)9-12(22)24-17(4,5)6/h7-8,11,21H,9H2,1-6H3,(H,20,23). The number of pyridine rings is 1. The number of amides is 1. The minimum atomic E-state index is -1.17. The molecule has 0 aromatic carbocycles. The Morgan fingerprint density at radius 3 is 2.38 bits per heavy atom. The molecule has 7 heteroatoms. The van der Waals surface area contributed by atoms with Crippen molar-refractivity contribution in [3.63, 3.8) is 0 Å². The number of rotatable bonds is 4. The van der Waals surface area contributed by atoms with E-state index in [2.05, 4.69) is 10.3 Å². The van der Waals surface area contributed by atoms with Crippen molar-refractivity contribution in [2.45, 2.75) is 59.7 Å². The third kappa shape index (κ3) is 6.09. The van der Waals surface area contributed by atoms with Gasteiger partial charge in [-0.1, -0.05) is 32.4 Å². The number of aliphatic hydroxyl groups excluding tert-OH is 1. The van der Waals surface area contributed by atoms with Crippen LogP contribution in [0, 0.1) is 5.41 Å². The zero-order chi connectivity index (χ0) is 18.7. The number of hydrogen-bond acceptors (Lipinski definition) is 5. The van der Waals surface area contributed by atoms with Crippen molar-refractivity contribution in [1.82, 2.24) is 4.98 Å². The van der Waals surface area contributed by atoms with E-state index in [0.717, 1.165) is 0 Å². The van der Waals surface area contributed by atoms with Crippen LogP contribution in [0.15, 0.2) is 12.3 Å². The molecule has 0 fully saturated rings. The smallest absolute Gasteiger partial charge is 0.309 e. The van der Waals surface area contributed by atoms with E-state index in [1.807, 2.05) is 0 Å². The summed E-state index contributed by atoms with van der Waals surface area (Å²) in [4.78, 5) is 28.0. The fourth-order valence-corrected chi connectivity index (χ4v) is 2.02. The number of carbonyl (C=O) groups excluding carboxylic acids is 2. The topological polar surface area (TPSA) is 88.5 Å². The molecule has 0 radical (unpaired) electrons. The molecule has 0 aliphatic rings. The van der Waals surface area contributed by atoms with Crippen LogP contribution >= 0.6 is 11.6 Å². The van der Waals surface area contributed by atoms with E-state index < -0.39 is 23.1 Å². The Labute approximate surface area is 147 Å². The molecule has 0 saturated carbocycles. The molecule has 0 aliphatic heterocycles. The van der Waals surface area contributed by atoms with E-state index in [0.29, 0.717) is 5.56 Å². The van der Waals surface area contributed by atoms with E-state index >= 15 is 0 Å². The van der Waals surface area contributed by atoms with Gasteiger partial charge in [0.25, 0.3) is 0 Å².